The van der Waals surface area contributed by atoms with Gasteiger partial charge in [0.15, 0.2) is 0 Å². The number of aryl methyl sites for hydroxylation is 2. The van der Waals surface area contributed by atoms with Gasteiger partial charge >= 0.3 is 0 Å². The van der Waals surface area contributed by atoms with E-state index in [9.17, 15) is 0 Å². The summed E-state index contributed by atoms with van der Waals surface area (Å²) in [4.78, 5) is 0. The number of hydrogen-bond acceptors (Lipinski definition) is 2. The van der Waals surface area contributed by atoms with Crippen molar-refractivity contribution >= 4 is 15.9 Å². The largest absolute Gasteiger partial charge is 0.330 e. The van der Waals surface area contributed by atoms with Crippen molar-refractivity contribution in [1.82, 2.24) is 9.78 Å². The molecule has 0 saturated heterocycles. The summed E-state index contributed by atoms with van der Waals surface area (Å²) < 4.78 is 2.95. The third-order valence-electron chi connectivity index (χ3n) is 2.86. The third-order valence-corrected chi connectivity index (χ3v) is 3.67. The average Bonchev–Trinajstić information content (AvgIpc) is 2.58. The van der Waals surface area contributed by atoms with Crippen molar-refractivity contribution in [3.63, 3.8) is 0 Å². The first-order chi connectivity index (χ1) is 8.15. The van der Waals surface area contributed by atoms with Crippen molar-refractivity contribution in [3.8, 4) is 5.69 Å². The summed E-state index contributed by atoms with van der Waals surface area (Å²) in [6.07, 6.45) is 0.846. The minimum atomic E-state index is 0.638. The van der Waals surface area contributed by atoms with Gasteiger partial charge in [-0.15, -0.1) is 0 Å². The van der Waals surface area contributed by atoms with Gasteiger partial charge in [0.2, 0.25) is 0 Å². The smallest absolute Gasteiger partial charge is 0.113 e. The summed E-state index contributed by atoms with van der Waals surface area (Å²) >= 11 is 3.62. The molecule has 2 N–H and O–H groups in total. The van der Waals surface area contributed by atoms with Gasteiger partial charge in [-0.25, -0.2) is 4.68 Å². The van der Waals surface area contributed by atoms with Gasteiger partial charge in [0.05, 0.1) is 11.4 Å². The predicted octanol–water partition coefficient (Wildman–Crippen LogP) is 2.75. The first kappa shape index (κ1) is 12.3. The molecule has 17 heavy (non-hydrogen) atoms. The van der Waals surface area contributed by atoms with Crippen LogP contribution in [0.15, 0.2) is 28.9 Å². The fraction of sp³-hybridized carbons (Fsp3) is 0.308. The summed E-state index contributed by atoms with van der Waals surface area (Å²) in [6, 6.07) is 8.21. The molecule has 90 valence electrons. The molecule has 0 spiro atoms. The molecule has 0 radical (unpaired) electrons. The molecule has 0 aliphatic rings. The highest BCUT2D eigenvalue weighted by Gasteiger charge is 2.14. The minimum Gasteiger partial charge on any atom is -0.330 e. The zero-order valence-electron chi connectivity index (χ0n) is 10.1. The van der Waals surface area contributed by atoms with Gasteiger partial charge in [0.25, 0.3) is 0 Å². The second kappa shape index (κ2) is 5.02. The Hall–Kier alpha value is -1.13. The third kappa shape index (κ3) is 2.28. The van der Waals surface area contributed by atoms with Gasteiger partial charge in [0, 0.05) is 5.56 Å². The monoisotopic (exact) mass is 293 g/mol. The van der Waals surface area contributed by atoms with E-state index in [4.69, 9.17) is 5.73 Å². The standard InChI is InChI=1S/C13H16BrN3/c1-9-5-3-4-6-12(9)17-13(14)11(7-8-15)10(2)16-17/h3-6H,7-8,15H2,1-2H3. The van der Waals surface area contributed by atoms with Crippen molar-refractivity contribution < 1.29 is 0 Å². The molecule has 0 aliphatic heterocycles. The number of rotatable bonds is 3. The van der Waals surface area contributed by atoms with Crippen LogP contribution in [-0.2, 0) is 6.42 Å². The Kier molecular flexibility index (Phi) is 3.64. The molecule has 3 nitrogen and oxygen atoms in total. The number of nitrogens with zero attached hydrogens (tertiary/aromatic N) is 2. The van der Waals surface area contributed by atoms with Gasteiger partial charge in [-0.05, 0) is 54.4 Å². The van der Waals surface area contributed by atoms with E-state index in [-0.39, 0.29) is 0 Å². The summed E-state index contributed by atoms with van der Waals surface area (Å²) in [7, 11) is 0. The van der Waals surface area contributed by atoms with Gasteiger partial charge in [-0.3, -0.25) is 0 Å². The maximum atomic E-state index is 5.62. The molecular weight excluding hydrogens is 278 g/mol. The number of para-hydroxylation sites is 1. The van der Waals surface area contributed by atoms with Crippen LogP contribution in [0.2, 0.25) is 0 Å². The molecule has 0 amide bonds. The Balaban J connectivity index is 2.54. The SMILES string of the molecule is Cc1ccccc1-n1nc(C)c(CCN)c1Br. The Bertz CT molecular complexity index is 531. The summed E-state index contributed by atoms with van der Waals surface area (Å²) in [5.74, 6) is 0. The van der Waals surface area contributed by atoms with E-state index in [0.717, 1.165) is 22.4 Å². The molecule has 0 atom stereocenters. The average molecular weight is 294 g/mol. The van der Waals surface area contributed by atoms with Crippen molar-refractivity contribution in [2.75, 3.05) is 6.54 Å². The van der Waals surface area contributed by atoms with E-state index in [0.29, 0.717) is 6.54 Å². The van der Waals surface area contributed by atoms with E-state index in [2.05, 4.69) is 40.1 Å². The Morgan fingerprint density at radius 1 is 1.29 bits per heavy atom. The molecule has 0 bridgehead atoms. The lowest BCUT2D eigenvalue weighted by Gasteiger charge is -2.07. The van der Waals surface area contributed by atoms with Crippen molar-refractivity contribution in [1.29, 1.82) is 0 Å². The number of hydrogen-bond donors (Lipinski definition) is 1. The predicted molar refractivity (Wildman–Crippen MR) is 73.5 cm³/mol. The second-order valence-electron chi connectivity index (χ2n) is 4.09. The minimum absolute atomic E-state index is 0.638. The van der Waals surface area contributed by atoms with E-state index in [1.807, 2.05) is 23.7 Å². The van der Waals surface area contributed by atoms with Crippen LogP contribution in [0, 0.1) is 13.8 Å². The number of nitrogens with two attached hydrogens (primary N) is 1. The van der Waals surface area contributed by atoms with Crippen LogP contribution < -0.4 is 5.73 Å². The van der Waals surface area contributed by atoms with Crippen LogP contribution in [0.1, 0.15) is 16.8 Å². The van der Waals surface area contributed by atoms with Crippen LogP contribution >= 0.6 is 15.9 Å². The fourth-order valence-electron chi connectivity index (χ4n) is 1.92. The van der Waals surface area contributed by atoms with Crippen molar-refractivity contribution in [2.45, 2.75) is 20.3 Å². The highest BCUT2D eigenvalue weighted by Crippen LogP contribution is 2.25. The Morgan fingerprint density at radius 2 is 2.00 bits per heavy atom. The molecular formula is C13H16BrN3. The summed E-state index contributed by atoms with van der Waals surface area (Å²) in [5.41, 5.74) is 10.1. The molecule has 1 aromatic carbocycles. The second-order valence-corrected chi connectivity index (χ2v) is 4.84. The molecule has 4 heteroatoms. The Labute approximate surface area is 110 Å². The maximum absolute atomic E-state index is 5.62. The van der Waals surface area contributed by atoms with Crippen LogP contribution in [0.4, 0.5) is 0 Å². The molecule has 0 unspecified atom stereocenters. The molecule has 0 aliphatic carbocycles. The molecule has 0 saturated carbocycles. The zero-order chi connectivity index (χ0) is 12.4. The highest BCUT2D eigenvalue weighted by atomic mass is 79.9. The van der Waals surface area contributed by atoms with Crippen LogP contribution in [0.25, 0.3) is 5.69 Å². The lowest BCUT2D eigenvalue weighted by Crippen LogP contribution is -2.04. The molecule has 2 rings (SSSR count). The maximum Gasteiger partial charge on any atom is 0.113 e. The normalized spacial score (nSPS) is 10.8. The highest BCUT2D eigenvalue weighted by molar-refractivity contribution is 9.10. The lowest BCUT2D eigenvalue weighted by atomic mass is 10.2. The number of aromatic nitrogens is 2. The Morgan fingerprint density at radius 3 is 2.65 bits per heavy atom. The molecule has 1 heterocycles. The summed E-state index contributed by atoms with van der Waals surface area (Å²) in [6.45, 7) is 4.74. The lowest BCUT2D eigenvalue weighted by molar-refractivity contribution is 0.838. The van der Waals surface area contributed by atoms with Crippen molar-refractivity contribution in [3.05, 3.63) is 45.7 Å². The van der Waals surface area contributed by atoms with Gasteiger partial charge in [0.1, 0.15) is 4.60 Å². The number of benzene rings is 1. The van der Waals surface area contributed by atoms with E-state index in [1.54, 1.807) is 0 Å². The molecule has 0 fully saturated rings. The van der Waals surface area contributed by atoms with Crippen molar-refractivity contribution in [2.24, 2.45) is 5.73 Å². The first-order valence-corrected chi connectivity index (χ1v) is 6.44. The summed E-state index contributed by atoms with van der Waals surface area (Å²) in [5, 5.41) is 4.57. The van der Waals surface area contributed by atoms with Crippen LogP contribution in [0.3, 0.4) is 0 Å². The van der Waals surface area contributed by atoms with Gasteiger partial charge < -0.3 is 5.73 Å². The number of halogens is 1. The topological polar surface area (TPSA) is 43.8 Å². The van der Waals surface area contributed by atoms with E-state index >= 15 is 0 Å². The first-order valence-electron chi connectivity index (χ1n) is 5.65. The van der Waals surface area contributed by atoms with E-state index < -0.39 is 0 Å². The quantitative estimate of drug-likeness (QED) is 0.946. The van der Waals surface area contributed by atoms with Crippen LogP contribution in [0.5, 0.6) is 0 Å². The fourth-order valence-corrected chi connectivity index (χ4v) is 2.68. The van der Waals surface area contributed by atoms with Gasteiger partial charge in [-0.1, -0.05) is 18.2 Å². The zero-order valence-corrected chi connectivity index (χ0v) is 11.7. The molecule has 1 aromatic heterocycles. The van der Waals surface area contributed by atoms with Crippen LogP contribution in [-0.4, -0.2) is 16.3 Å². The molecule has 2 aromatic rings. The van der Waals surface area contributed by atoms with E-state index in [1.165, 1.54) is 11.1 Å². The van der Waals surface area contributed by atoms with Gasteiger partial charge in [-0.2, -0.15) is 5.10 Å².